The maximum Gasteiger partial charge on any atom is 0.308 e. The number of hydrogen-bond acceptors (Lipinski definition) is 3. The third-order valence-electron chi connectivity index (χ3n) is 2.09. The Morgan fingerprint density at radius 3 is 2.60 bits per heavy atom. The molecule has 0 aromatic heterocycles. The van der Waals surface area contributed by atoms with E-state index in [0.29, 0.717) is 6.61 Å². The highest BCUT2D eigenvalue weighted by atomic mass is 35.5. The maximum absolute atomic E-state index is 11.1. The van der Waals surface area contributed by atoms with Gasteiger partial charge < -0.3 is 9.84 Å². The van der Waals surface area contributed by atoms with E-state index in [2.05, 4.69) is 6.92 Å². The molecule has 0 saturated carbocycles. The van der Waals surface area contributed by atoms with Gasteiger partial charge in [0.05, 0.1) is 19.1 Å². The molecule has 0 aliphatic rings. The Balaban J connectivity index is 3.24. The number of carbonyl (C=O) groups is 1. The van der Waals surface area contributed by atoms with Crippen molar-refractivity contribution in [3.8, 4) is 0 Å². The van der Waals surface area contributed by atoms with E-state index in [1.54, 1.807) is 0 Å². The van der Waals surface area contributed by atoms with Crippen LogP contribution in [0.5, 0.6) is 0 Å². The van der Waals surface area contributed by atoms with Crippen LogP contribution in [0.3, 0.4) is 0 Å². The van der Waals surface area contributed by atoms with Crippen LogP contribution in [-0.4, -0.2) is 29.7 Å². The summed E-state index contributed by atoms with van der Waals surface area (Å²) in [5.41, 5.74) is 0. The Hall–Kier alpha value is -0.280. The van der Waals surface area contributed by atoms with Gasteiger partial charge in [0.25, 0.3) is 0 Å². The fourth-order valence-corrected chi connectivity index (χ4v) is 1.31. The number of esters is 1. The number of hydrogen-bond donors (Lipinski definition) is 1. The normalized spacial score (nSPS) is 12.5. The molecule has 0 heterocycles. The first-order chi connectivity index (χ1) is 7.20. The van der Waals surface area contributed by atoms with Crippen molar-refractivity contribution in [3.63, 3.8) is 0 Å². The Morgan fingerprint density at radius 1 is 1.33 bits per heavy atom. The molecule has 0 aliphatic heterocycles. The molecule has 0 unspecified atom stereocenters. The molecular formula is C11H21ClO3. The van der Waals surface area contributed by atoms with Crippen LogP contribution in [0.2, 0.25) is 0 Å². The molecule has 0 aliphatic carbocycles. The summed E-state index contributed by atoms with van der Waals surface area (Å²) in [6, 6.07) is 0. The Kier molecular flexibility index (Phi) is 10.1. The SMILES string of the molecule is CCCCCCCOC(=O)C[C@@H](O)CCl. The van der Waals surface area contributed by atoms with Crippen LogP contribution in [-0.2, 0) is 9.53 Å². The van der Waals surface area contributed by atoms with Crippen LogP contribution in [0, 0.1) is 0 Å². The number of carbonyl (C=O) groups excluding carboxylic acids is 1. The highest BCUT2D eigenvalue weighted by molar-refractivity contribution is 6.18. The molecule has 0 amide bonds. The van der Waals surface area contributed by atoms with Crippen molar-refractivity contribution in [3.05, 3.63) is 0 Å². The zero-order valence-corrected chi connectivity index (χ0v) is 10.1. The van der Waals surface area contributed by atoms with Gasteiger partial charge in [-0.05, 0) is 6.42 Å². The first-order valence-corrected chi connectivity index (χ1v) is 6.13. The average Bonchev–Trinajstić information content (AvgIpc) is 2.23. The third-order valence-corrected chi connectivity index (χ3v) is 2.45. The van der Waals surface area contributed by atoms with Crippen LogP contribution in [0.1, 0.15) is 45.4 Å². The van der Waals surface area contributed by atoms with E-state index in [4.69, 9.17) is 21.4 Å². The maximum atomic E-state index is 11.1. The van der Waals surface area contributed by atoms with Gasteiger partial charge in [-0.2, -0.15) is 0 Å². The molecule has 0 rings (SSSR count). The Morgan fingerprint density at radius 2 is 2.00 bits per heavy atom. The average molecular weight is 237 g/mol. The van der Waals surface area contributed by atoms with Gasteiger partial charge in [0.1, 0.15) is 0 Å². The van der Waals surface area contributed by atoms with Crippen molar-refractivity contribution >= 4 is 17.6 Å². The van der Waals surface area contributed by atoms with E-state index in [1.807, 2.05) is 0 Å². The summed E-state index contributed by atoms with van der Waals surface area (Å²) in [6.45, 7) is 2.62. The van der Waals surface area contributed by atoms with E-state index >= 15 is 0 Å². The van der Waals surface area contributed by atoms with Crippen LogP contribution in [0.4, 0.5) is 0 Å². The summed E-state index contributed by atoms with van der Waals surface area (Å²) in [5, 5.41) is 9.07. The second-order valence-corrected chi connectivity index (χ2v) is 3.96. The summed E-state index contributed by atoms with van der Waals surface area (Å²) >= 11 is 5.36. The Labute approximate surface area is 96.8 Å². The number of aliphatic hydroxyl groups is 1. The zero-order valence-electron chi connectivity index (χ0n) is 9.38. The molecule has 4 heteroatoms. The molecule has 0 saturated heterocycles. The highest BCUT2D eigenvalue weighted by Gasteiger charge is 2.10. The number of halogens is 1. The largest absolute Gasteiger partial charge is 0.466 e. The molecule has 0 aromatic rings. The zero-order chi connectivity index (χ0) is 11.5. The van der Waals surface area contributed by atoms with Gasteiger partial charge in [0.15, 0.2) is 0 Å². The van der Waals surface area contributed by atoms with Crippen molar-refractivity contribution in [2.24, 2.45) is 0 Å². The predicted molar refractivity (Wildman–Crippen MR) is 61.1 cm³/mol. The summed E-state index contributed by atoms with van der Waals surface area (Å²) in [7, 11) is 0. The summed E-state index contributed by atoms with van der Waals surface area (Å²) in [6.07, 6.45) is 4.86. The lowest BCUT2D eigenvalue weighted by Crippen LogP contribution is -2.17. The van der Waals surface area contributed by atoms with Crippen LogP contribution >= 0.6 is 11.6 Å². The smallest absolute Gasteiger partial charge is 0.308 e. The fraction of sp³-hybridized carbons (Fsp3) is 0.909. The van der Waals surface area contributed by atoms with E-state index in [1.165, 1.54) is 19.3 Å². The summed E-state index contributed by atoms with van der Waals surface area (Å²) < 4.78 is 4.94. The molecule has 3 nitrogen and oxygen atoms in total. The molecule has 0 radical (unpaired) electrons. The molecule has 90 valence electrons. The van der Waals surface area contributed by atoms with Crippen molar-refractivity contribution in [1.29, 1.82) is 0 Å². The second-order valence-electron chi connectivity index (χ2n) is 3.65. The summed E-state index contributed by atoms with van der Waals surface area (Å²) in [4.78, 5) is 11.1. The van der Waals surface area contributed by atoms with Crippen LogP contribution in [0.25, 0.3) is 0 Å². The van der Waals surface area contributed by atoms with Crippen molar-refractivity contribution in [1.82, 2.24) is 0 Å². The van der Waals surface area contributed by atoms with Gasteiger partial charge in [0.2, 0.25) is 0 Å². The molecule has 0 fully saturated rings. The molecule has 0 bridgehead atoms. The van der Waals surface area contributed by atoms with Crippen molar-refractivity contribution in [2.75, 3.05) is 12.5 Å². The quantitative estimate of drug-likeness (QED) is 0.380. The van der Waals surface area contributed by atoms with Gasteiger partial charge in [0, 0.05) is 5.88 Å². The van der Waals surface area contributed by atoms with E-state index in [-0.39, 0.29) is 18.3 Å². The minimum Gasteiger partial charge on any atom is -0.466 e. The van der Waals surface area contributed by atoms with Crippen molar-refractivity contribution in [2.45, 2.75) is 51.6 Å². The first kappa shape index (κ1) is 14.7. The fourth-order valence-electron chi connectivity index (χ4n) is 1.20. The topological polar surface area (TPSA) is 46.5 Å². The monoisotopic (exact) mass is 236 g/mol. The minimum atomic E-state index is -0.778. The van der Waals surface area contributed by atoms with E-state index in [9.17, 15) is 4.79 Å². The van der Waals surface area contributed by atoms with E-state index < -0.39 is 6.10 Å². The van der Waals surface area contributed by atoms with Gasteiger partial charge in [-0.3, -0.25) is 4.79 Å². The lowest BCUT2D eigenvalue weighted by Gasteiger charge is -2.07. The standard InChI is InChI=1S/C11H21ClO3/c1-2-3-4-5-6-7-15-11(14)8-10(13)9-12/h10,13H,2-9H2,1H3/t10-/m1/s1. The van der Waals surface area contributed by atoms with Gasteiger partial charge in [-0.15, -0.1) is 11.6 Å². The molecular weight excluding hydrogens is 216 g/mol. The third kappa shape index (κ3) is 10.0. The number of rotatable bonds is 9. The van der Waals surface area contributed by atoms with Crippen LogP contribution in [0.15, 0.2) is 0 Å². The van der Waals surface area contributed by atoms with E-state index in [0.717, 1.165) is 12.8 Å². The summed E-state index contributed by atoms with van der Waals surface area (Å²) in [5.74, 6) is -0.287. The van der Waals surface area contributed by atoms with Gasteiger partial charge >= 0.3 is 5.97 Å². The molecule has 0 aromatic carbocycles. The first-order valence-electron chi connectivity index (χ1n) is 5.60. The van der Waals surface area contributed by atoms with Crippen molar-refractivity contribution < 1.29 is 14.6 Å². The number of unbranched alkanes of at least 4 members (excludes halogenated alkanes) is 4. The number of ether oxygens (including phenoxy) is 1. The lowest BCUT2D eigenvalue weighted by molar-refractivity contribution is -0.145. The lowest BCUT2D eigenvalue weighted by atomic mass is 10.2. The second kappa shape index (κ2) is 10.2. The number of aliphatic hydroxyl groups excluding tert-OH is 1. The molecule has 0 spiro atoms. The number of alkyl halides is 1. The highest BCUT2D eigenvalue weighted by Crippen LogP contribution is 2.03. The molecule has 1 N–H and O–H groups in total. The van der Waals surface area contributed by atoms with Gasteiger partial charge in [-0.1, -0.05) is 32.6 Å². The van der Waals surface area contributed by atoms with Gasteiger partial charge in [-0.25, -0.2) is 0 Å². The molecule has 15 heavy (non-hydrogen) atoms. The Bertz CT molecular complexity index is 162. The van der Waals surface area contributed by atoms with Crippen LogP contribution < -0.4 is 0 Å². The molecule has 1 atom stereocenters. The minimum absolute atomic E-state index is 0.00153. The predicted octanol–water partition coefficient (Wildman–Crippen LogP) is 2.49.